The van der Waals surface area contributed by atoms with Crippen molar-refractivity contribution in [3.05, 3.63) is 12.2 Å². The molecule has 0 aromatic carbocycles. The van der Waals surface area contributed by atoms with Gasteiger partial charge in [-0.15, -0.1) is 0 Å². The molecular weight excluding hydrogens is 1200 g/mol. The summed E-state index contributed by atoms with van der Waals surface area (Å²) >= 11 is 0. The van der Waals surface area contributed by atoms with Gasteiger partial charge in [-0.1, -0.05) is 303 Å². The first-order chi connectivity index (χ1) is 44.2. The second-order valence-corrected chi connectivity index (χ2v) is 28.5. The van der Waals surface area contributed by atoms with Crippen LogP contribution in [0.15, 0.2) is 12.2 Å². The number of unbranched alkanes of at least 4 members (excludes halogenated alkanes) is 44. The van der Waals surface area contributed by atoms with Crippen LogP contribution in [0.4, 0.5) is 0 Å². The van der Waals surface area contributed by atoms with E-state index in [0.717, 1.165) is 103 Å². The molecule has 0 rings (SSSR count). The average molecular weight is 1340 g/mol. The zero-order chi connectivity index (χ0) is 66.8. The van der Waals surface area contributed by atoms with Crippen molar-refractivity contribution < 1.29 is 80.2 Å². The van der Waals surface area contributed by atoms with Gasteiger partial charge >= 0.3 is 39.5 Å². The van der Waals surface area contributed by atoms with Gasteiger partial charge in [-0.3, -0.25) is 37.3 Å². The van der Waals surface area contributed by atoms with Gasteiger partial charge in [-0.05, 0) is 51.4 Å². The van der Waals surface area contributed by atoms with Gasteiger partial charge in [0.15, 0.2) is 12.2 Å². The Bertz CT molecular complexity index is 1790. The molecule has 91 heavy (non-hydrogen) atoms. The summed E-state index contributed by atoms with van der Waals surface area (Å²) in [5.41, 5.74) is 0. The second-order valence-electron chi connectivity index (χ2n) is 25.6. The molecule has 538 valence electrons. The number of aliphatic hydroxyl groups excluding tert-OH is 1. The summed E-state index contributed by atoms with van der Waals surface area (Å²) in [6, 6.07) is 0. The van der Waals surface area contributed by atoms with Crippen LogP contribution in [0, 0.1) is 0 Å². The van der Waals surface area contributed by atoms with E-state index in [1.807, 2.05) is 0 Å². The van der Waals surface area contributed by atoms with E-state index in [0.29, 0.717) is 25.7 Å². The number of phosphoric ester groups is 2. The Hall–Kier alpha value is -2.20. The Balaban J connectivity index is 5.27. The van der Waals surface area contributed by atoms with Gasteiger partial charge in [-0.2, -0.15) is 0 Å². The Morgan fingerprint density at radius 2 is 0.505 bits per heavy atom. The molecule has 17 nitrogen and oxygen atoms in total. The van der Waals surface area contributed by atoms with Crippen LogP contribution in [-0.4, -0.2) is 96.7 Å². The maximum absolute atomic E-state index is 13.0. The van der Waals surface area contributed by atoms with Crippen LogP contribution in [0.3, 0.4) is 0 Å². The highest BCUT2D eigenvalue weighted by atomic mass is 31.2. The minimum atomic E-state index is -4.96. The Morgan fingerprint density at radius 3 is 0.769 bits per heavy atom. The Morgan fingerprint density at radius 1 is 0.297 bits per heavy atom. The van der Waals surface area contributed by atoms with Gasteiger partial charge < -0.3 is 33.8 Å². The van der Waals surface area contributed by atoms with Gasteiger partial charge in [0.2, 0.25) is 0 Å². The number of carbonyl (C=O) groups excluding carboxylic acids is 4. The topological polar surface area (TPSA) is 237 Å². The zero-order valence-electron chi connectivity index (χ0n) is 58.6. The number of allylic oxidation sites excluding steroid dienone is 2. The largest absolute Gasteiger partial charge is 0.472 e. The van der Waals surface area contributed by atoms with Gasteiger partial charge in [0, 0.05) is 25.7 Å². The van der Waals surface area contributed by atoms with Crippen molar-refractivity contribution in [3.8, 4) is 0 Å². The van der Waals surface area contributed by atoms with Crippen molar-refractivity contribution >= 4 is 39.5 Å². The molecule has 0 saturated carbocycles. The first-order valence-electron chi connectivity index (χ1n) is 37.4. The van der Waals surface area contributed by atoms with Crippen molar-refractivity contribution in [1.82, 2.24) is 0 Å². The second kappa shape index (κ2) is 66.4. The van der Waals surface area contributed by atoms with Crippen molar-refractivity contribution in [3.63, 3.8) is 0 Å². The first-order valence-corrected chi connectivity index (χ1v) is 40.4. The molecular formula is C72H138O17P2. The number of phosphoric acid groups is 2. The van der Waals surface area contributed by atoms with Crippen molar-refractivity contribution in [2.45, 2.75) is 386 Å². The molecule has 0 fully saturated rings. The molecule has 19 heteroatoms. The summed E-state index contributed by atoms with van der Waals surface area (Å²) < 4.78 is 68.4. The summed E-state index contributed by atoms with van der Waals surface area (Å²) in [6.45, 7) is 4.93. The molecule has 0 heterocycles. The number of esters is 4. The van der Waals surface area contributed by atoms with Crippen LogP contribution >= 0.6 is 15.6 Å². The molecule has 0 saturated heterocycles. The molecule has 0 aromatic heterocycles. The highest BCUT2D eigenvalue weighted by Gasteiger charge is 2.30. The SMILES string of the molecule is CCCCCC/C=C\CCCCCCCC(=O)OC(COC(=O)CCCCCCCCCCCCCCC)COP(=O)(O)OCC(O)COP(=O)(O)OCC(COC(=O)CCCCCCCCCCCCCC)OC(=O)CCCCCCCCCCCCCCC. The maximum Gasteiger partial charge on any atom is 0.472 e. The lowest BCUT2D eigenvalue weighted by Crippen LogP contribution is -2.30. The predicted octanol–water partition coefficient (Wildman–Crippen LogP) is 20.8. The van der Waals surface area contributed by atoms with Crippen LogP contribution in [0.5, 0.6) is 0 Å². The van der Waals surface area contributed by atoms with E-state index in [2.05, 4.69) is 39.8 Å². The molecule has 0 aromatic rings. The van der Waals surface area contributed by atoms with Crippen LogP contribution < -0.4 is 0 Å². The molecule has 0 aliphatic carbocycles. The van der Waals surface area contributed by atoms with Gasteiger partial charge in [-0.25, -0.2) is 9.13 Å². The molecule has 0 bridgehead atoms. The molecule has 0 radical (unpaired) electrons. The lowest BCUT2D eigenvalue weighted by Gasteiger charge is -2.21. The fraction of sp³-hybridized carbons (Fsp3) is 0.917. The lowest BCUT2D eigenvalue weighted by atomic mass is 10.0. The summed E-state index contributed by atoms with van der Waals surface area (Å²) in [6.07, 6.45) is 56.3. The maximum atomic E-state index is 13.0. The predicted molar refractivity (Wildman–Crippen MR) is 368 cm³/mol. The monoisotopic (exact) mass is 1340 g/mol. The summed E-state index contributed by atoms with van der Waals surface area (Å²) in [7, 11) is -9.91. The smallest absolute Gasteiger partial charge is 0.462 e. The fourth-order valence-electron chi connectivity index (χ4n) is 10.7. The van der Waals surface area contributed by atoms with Crippen LogP contribution in [0.25, 0.3) is 0 Å². The number of hydrogen-bond donors (Lipinski definition) is 3. The zero-order valence-corrected chi connectivity index (χ0v) is 60.3. The van der Waals surface area contributed by atoms with E-state index >= 15 is 0 Å². The number of carbonyl (C=O) groups is 4. The third kappa shape index (κ3) is 66.2. The Labute approximate surface area is 555 Å². The standard InChI is InChI=1S/C72H138O17P2/c1-5-9-13-17-21-25-29-33-37-41-45-49-53-57-70(75)83-63-68(89-72(77)59-55-51-47-43-39-35-31-27-23-19-15-11-7-3)65-87-91(80,81)85-61-66(73)60-84-90(78,79)86-64-67(62-82-69(74)56-52-48-44-40-36-32-28-24-20-16-12-8-4)88-71(76)58-54-50-46-42-38-34-30-26-22-18-14-10-6-2/h27,31,66-68,73H,5-26,28-30,32-65H2,1-4H3,(H,78,79)(H,80,81)/b31-27-. The van der Waals surface area contributed by atoms with Gasteiger partial charge in [0.1, 0.15) is 19.3 Å². The number of rotatable bonds is 72. The summed E-state index contributed by atoms with van der Waals surface area (Å²) in [5.74, 6) is -2.13. The van der Waals surface area contributed by atoms with E-state index in [-0.39, 0.29) is 25.7 Å². The third-order valence-electron chi connectivity index (χ3n) is 16.5. The Kier molecular flexibility index (Phi) is 64.8. The molecule has 0 amide bonds. The van der Waals surface area contributed by atoms with E-state index in [1.54, 1.807) is 0 Å². The fourth-order valence-corrected chi connectivity index (χ4v) is 12.3. The average Bonchev–Trinajstić information content (AvgIpc) is 3.60. The number of ether oxygens (including phenoxy) is 4. The highest BCUT2D eigenvalue weighted by Crippen LogP contribution is 2.45. The third-order valence-corrected chi connectivity index (χ3v) is 18.4. The number of aliphatic hydroxyl groups is 1. The van der Waals surface area contributed by atoms with Crippen LogP contribution in [-0.2, 0) is 65.4 Å². The highest BCUT2D eigenvalue weighted by molar-refractivity contribution is 7.47. The van der Waals surface area contributed by atoms with Crippen LogP contribution in [0.1, 0.15) is 368 Å². The van der Waals surface area contributed by atoms with Crippen molar-refractivity contribution in [2.24, 2.45) is 0 Å². The van der Waals surface area contributed by atoms with Crippen LogP contribution in [0.2, 0.25) is 0 Å². The summed E-state index contributed by atoms with van der Waals surface area (Å²) in [5, 5.41) is 10.6. The molecule has 0 aliphatic rings. The molecule has 0 spiro atoms. The first kappa shape index (κ1) is 88.8. The van der Waals surface area contributed by atoms with E-state index in [9.17, 15) is 43.2 Å². The normalized spacial score (nSPS) is 14.1. The van der Waals surface area contributed by atoms with Crippen molar-refractivity contribution in [1.29, 1.82) is 0 Å². The number of hydrogen-bond acceptors (Lipinski definition) is 15. The molecule has 5 atom stereocenters. The van der Waals surface area contributed by atoms with E-state index < -0.39 is 97.5 Å². The van der Waals surface area contributed by atoms with E-state index in [1.165, 1.54) is 186 Å². The van der Waals surface area contributed by atoms with Crippen molar-refractivity contribution in [2.75, 3.05) is 39.6 Å². The van der Waals surface area contributed by atoms with Gasteiger partial charge in [0.25, 0.3) is 0 Å². The molecule has 0 aliphatic heterocycles. The molecule has 5 unspecified atom stereocenters. The summed E-state index contributed by atoms with van der Waals surface area (Å²) in [4.78, 5) is 72.6. The molecule has 3 N–H and O–H groups in total. The lowest BCUT2D eigenvalue weighted by molar-refractivity contribution is -0.161. The minimum Gasteiger partial charge on any atom is -0.462 e. The van der Waals surface area contributed by atoms with Gasteiger partial charge in [0.05, 0.1) is 26.4 Å². The quantitative estimate of drug-likeness (QED) is 0.0169. The minimum absolute atomic E-state index is 0.0945. The van der Waals surface area contributed by atoms with E-state index in [4.69, 9.17) is 37.0 Å².